The number of likely N-dealkylation sites (N-methyl/N-ethyl adjacent to an activating group) is 1. The third-order valence-corrected chi connectivity index (χ3v) is 2.77. The number of aliphatic carboxylic acids is 1. The zero-order chi connectivity index (χ0) is 13.0. The van der Waals surface area contributed by atoms with Gasteiger partial charge in [0, 0.05) is 7.05 Å². The summed E-state index contributed by atoms with van der Waals surface area (Å²) < 4.78 is 0. The van der Waals surface area contributed by atoms with Crippen molar-refractivity contribution in [1.29, 1.82) is 0 Å². The Bertz CT molecular complexity index is 420. The van der Waals surface area contributed by atoms with Gasteiger partial charge in [0.25, 0.3) is 0 Å². The van der Waals surface area contributed by atoms with Crippen LogP contribution in [0.2, 0.25) is 0 Å². The van der Waals surface area contributed by atoms with Crippen molar-refractivity contribution < 1.29 is 14.7 Å². The molecular weight excluding hydrogens is 218 g/mol. The van der Waals surface area contributed by atoms with E-state index in [9.17, 15) is 9.59 Å². The predicted molar refractivity (Wildman–Crippen MR) is 64.9 cm³/mol. The molecular formula is C13H17NO3. The van der Waals surface area contributed by atoms with E-state index in [1.165, 1.54) is 11.9 Å². The highest BCUT2D eigenvalue weighted by atomic mass is 16.4. The Morgan fingerprint density at radius 3 is 2.24 bits per heavy atom. The Balaban J connectivity index is 2.78. The second kappa shape index (κ2) is 5.48. The Morgan fingerprint density at radius 2 is 1.76 bits per heavy atom. The summed E-state index contributed by atoms with van der Waals surface area (Å²) in [6.07, 6.45) is 0.252. The third kappa shape index (κ3) is 3.59. The van der Waals surface area contributed by atoms with Gasteiger partial charge in [-0.25, -0.2) is 0 Å². The fourth-order valence-electron chi connectivity index (χ4n) is 1.71. The number of carbonyl (C=O) groups is 2. The van der Waals surface area contributed by atoms with Gasteiger partial charge in [-0.3, -0.25) is 9.59 Å². The largest absolute Gasteiger partial charge is 0.480 e. The minimum Gasteiger partial charge on any atom is -0.480 e. The van der Waals surface area contributed by atoms with Gasteiger partial charge in [-0.15, -0.1) is 0 Å². The van der Waals surface area contributed by atoms with Gasteiger partial charge in [-0.2, -0.15) is 0 Å². The van der Waals surface area contributed by atoms with Crippen LogP contribution in [-0.4, -0.2) is 35.5 Å². The number of hydrogen-bond acceptors (Lipinski definition) is 2. The first-order valence-corrected chi connectivity index (χ1v) is 5.42. The van der Waals surface area contributed by atoms with E-state index in [1.54, 1.807) is 0 Å². The quantitative estimate of drug-likeness (QED) is 0.858. The highest BCUT2D eigenvalue weighted by Gasteiger charge is 2.14. The van der Waals surface area contributed by atoms with Crippen LogP contribution < -0.4 is 0 Å². The lowest BCUT2D eigenvalue weighted by Crippen LogP contribution is -2.33. The molecule has 0 unspecified atom stereocenters. The highest BCUT2D eigenvalue weighted by molar-refractivity contribution is 5.83. The summed E-state index contributed by atoms with van der Waals surface area (Å²) in [4.78, 5) is 23.6. The van der Waals surface area contributed by atoms with Crippen LogP contribution in [0.4, 0.5) is 0 Å². The number of carbonyl (C=O) groups excluding carboxylic acids is 1. The Morgan fingerprint density at radius 1 is 1.24 bits per heavy atom. The molecule has 1 amide bonds. The summed E-state index contributed by atoms with van der Waals surface area (Å²) in [5.74, 6) is -1.17. The second-order valence-corrected chi connectivity index (χ2v) is 4.19. The molecule has 1 rings (SSSR count). The number of carboxylic acid groups (broad SMARTS) is 1. The smallest absolute Gasteiger partial charge is 0.323 e. The number of nitrogens with zero attached hydrogens (tertiary/aromatic N) is 1. The van der Waals surface area contributed by atoms with Crippen LogP contribution in [0.5, 0.6) is 0 Å². The lowest BCUT2D eigenvalue weighted by molar-refractivity contribution is -0.143. The molecule has 4 nitrogen and oxygen atoms in total. The monoisotopic (exact) mass is 235 g/mol. The second-order valence-electron chi connectivity index (χ2n) is 4.19. The van der Waals surface area contributed by atoms with Gasteiger partial charge in [-0.05, 0) is 30.5 Å². The summed E-state index contributed by atoms with van der Waals surface area (Å²) in [6, 6.07) is 5.85. The molecule has 0 aliphatic heterocycles. The zero-order valence-electron chi connectivity index (χ0n) is 10.4. The Labute approximate surface area is 101 Å². The Hall–Kier alpha value is -1.84. The van der Waals surface area contributed by atoms with Crippen LogP contribution in [-0.2, 0) is 16.0 Å². The lowest BCUT2D eigenvalue weighted by Gasteiger charge is -2.16. The van der Waals surface area contributed by atoms with Gasteiger partial charge in [0.1, 0.15) is 6.54 Å². The summed E-state index contributed by atoms with van der Waals surface area (Å²) in [5.41, 5.74) is 3.10. The fourth-order valence-corrected chi connectivity index (χ4v) is 1.71. The Kier molecular flexibility index (Phi) is 4.26. The van der Waals surface area contributed by atoms with Crippen molar-refractivity contribution in [2.45, 2.75) is 20.3 Å². The van der Waals surface area contributed by atoms with Gasteiger partial charge < -0.3 is 10.0 Å². The minimum absolute atomic E-state index is 0.176. The van der Waals surface area contributed by atoms with Gasteiger partial charge in [0.2, 0.25) is 5.91 Å². The molecule has 1 aromatic carbocycles. The number of hydrogen-bond donors (Lipinski definition) is 1. The van der Waals surface area contributed by atoms with E-state index < -0.39 is 5.97 Å². The van der Waals surface area contributed by atoms with E-state index in [0.29, 0.717) is 0 Å². The summed E-state index contributed by atoms with van der Waals surface area (Å²) >= 11 is 0. The first-order chi connectivity index (χ1) is 7.91. The molecule has 0 saturated carbocycles. The standard InChI is InChI=1S/C13H17NO3/c1-9-5-4-6-10(2)11(9)7-12(15)14(3)8-13(16)17/h4-6H,7-8H2,1-3H3,(H,16,17). The third-order valence-electron chi connectivity index (χ3n) is 2.77. The van der Waals surface area contributed by atoms with E-state index in [4.69, 9.17) is 5.11 Å². The normalized spacial score (nSPS) is 10.1. The summed E-state index contributed by atoms with van der Waals surface area (Å²) in [7, 11) is 1.50. The van der Waals surface area contributed by atoms with Crippen molar-refractivity contribution in [3.05, 3.63) is 34.9 Å². The molecule has 0 saturated heterocycles. The van der Waals surface area contributed by atoms with E-state index in [2.05, 4.69) is 0 Å². The molecule has 0 fully saturated rings. The molecule has 0 heterocycles. The number of amides is 1. The maximum Gasteiger partial charge on any atom is 0.323 e. The van der Waals surface area contributed by atoms with Gasteiger partial charge in [-0.1, -0.05) is 18.2 Å². The molecule has 0 aromatic heterocycles. The summed E-state index contributed by atoms with van der Waals surface area (Å²) in [6.45, 7) is 3.64. The van der Waals surface area contributed by atoms with Crippen molar-refractivity contribution in [2.24, 2.45) is 0 Å². The molecule has 1 N–H and O–H groups in total. The number of benzene rings is 1. The van der Waals surface area contributed by atoms with E-state index in [-0.39, 0.29) is 18.9 Å². The molecule has 0 aliphatic rings. The minimum atomic E-state index is -0.998. The molecule has 92 valence electrons. The zero-order valence-corrected chi connectivity index (χ0v) is 10.4. The molecule has 0 spiro atoms. The molecule has 0 radical (unpaired) electrons. The predicted octanol–water partition coefficient (Wildman–Crippen LogP) is 1.39. The summed E-state index contributed by atoms with van der Waals surface area (Å²) in [5, 5.41) is 8.61. The maximum atomic E-state index is 11.8. The average molecular weight is 235 g/mol. The van der Waals surface area contributed by atoms with Crippen LogP contribution in [0.1, 0.15) is 16.7 Å². The first-order valence-electron chi connectivity index (χ1n) is 5.42. The molecule has 4 heteroatoms. The van der Waals surface area contributed by atoms with Crippen molar-refractivity contribution in [3.8, 4) is 0 Å². The number of carboxylic acids is 1. The SMILES string of the molecule is Cc1cccc(C)c1CC(=O)N(C)CC(=O)O. The molecule has 1 aromatic rings. The van der Waals surface area contributed by atoms with Crippen LogP contribution in [0.15, 0.2) is 18.2 Å². The lowest BCUT2D eigenvalue weighted by atomic mass is 10.00. The molecule has 0 bridgehead atoms. The molecule has 17 heavy (non-hydrogen) atoms. The van der Waals surface area contributed by atoms with Crippen molar-refractivity contribution in [1.82, 2.24) is 4.90 Å². The number of rotatable bonds is 4. The van der Waals surface area contributed by atoms with Crippen molar-refractivity contribution in [2.75, 3.05) is 13.6 Å². The van der Waals surface area contributed by atoms with Gasteiger partial charge >= 0.3 is 5.97 Å². The highest BCUT2D eigenvalue weighted by Crippen LogP contribution is 2.14. The van der Waals surface area contributed by atoms with E-state index >= 15 is 0 Å². The van der Waals surface area contributed by atoms with E-state index in [0.717, 1.165) is 16.7 Å². The fraction of sp³-hybridized carbons (Fsp3) is 0.385. The van der Waals surface area contributed by atoms with Gasteiger partial charge in [0.05, 0.1) is 6.42 Å². The molecule has 0 atom stereocenters. The average Bonchev–Trinajstić information content (AvgIpc) is 2.22. The number of aryl methyl sites for hydroxylation is 2. The van der Waals surface area contributed by atoms with E-state index in [1.807, 2.05) is 32.0 Å². The first kappa shape index (κ1) is 13.2. The van der Waals surface area contributed by atoms with Crippen LogP contribution in [0.3, 0.4) is 0 Å². The van der Waals surface area contributed by atoms with Crippen molar-refractivity contribution in [3.63, 3.8) is 0 Å². The topological polar surface area (TPSA) is 57.6 Å². The van der Waals surface area contributed by atoms with Crippen LogP contribution >= 0.6 is 0 Å². The maximum absolute atomic E-state index is 11.8. The van der Waals surface area contributed by atoms with Crippen molar-refractivity contribution >= 4 is 11.9 Å². The van der Waals surface area contributed by atoms with Crippen LogP contribution in [0.25, 0.3) is 0 Å². The van der Waals surface area contributed by atoms with Crippen LogP contribution in [0, 0.1) is 13.8 Å². The van der Waals surface area contributed by atoms with Gasteiger partial charge in [0.15, 0.2) is 0 Å². The molecule has 0 aliphatic carbocycles.